The first-order valence-electron chi connectivity index (χ1n) is 7.96. The second-order valence-electron chi connectivity index (χ2n) is 5.37. The van der Waals surface area contributed by atoms with E-state index in [1.54, 1.807) is 0 Å². The van der Waals surface area contributed by atoms with Crippen LogP contribution in [0.3, 0.4) is 0 Å². The minimum atomic E-state index is -0.972. The number of carboxylic acids is 1. The molecule has 0 amide bonds. The van der Waals surface area contributed by atoms with Gasteiger partial charge in [0, 0.05) is 0 Å². The average molecular weight is 410 g/mol. The third-order valence-electron chi connectivity index (χ3n) is 3.41. The molecule has 22 heavy (non-hydrogen) atoms. The van der Waals surface area contributed by atoms with Crippen LogP contribution in [0, 0.1) is 0 Å². The van der Waals surface area contributed by atoms with Crippen molar-refractivity contribution in [2.24, 2.45) is 0 Å². The predicted molar refractivity (Wildman–Crippen MR) is 86.5 cm³/mol. The Bertz CT molecular complexity index is 439. The van der Waals surface area contributed by atoms with E-state index < -0.39 is 34.8 Å². The van der Waals surface area contributed by atoms with Gasteiger partial charge >= 0.3 is 144 Å². The number of aliphatic carboxylic acids is 1. The summed E-state index contributed by atoms with van der Waals surface area (Å²) in [5.41, 5.74) is 1.14. The zero-order chi connectivity index (χ0) is 16.4. The molecule has 0 bridgehead atoms. The van der Waals surface area contributed by atoms with Crippen LogP contribution in [-0.2, 0) is 14.3 Å². The second-order valence-corrected chi connectivity index (χ2v) is 8.38. The fourth-order valence-electron chi connectivity index (χ4n) is 2.38. The third-order valence-corrected chi connectivity index (χ3v) is 6.52. The molecule has 121 valence electrons. The van der Waals surface area contributed by atoms with E-state index >= 15 is 0 Å². The van der Waals surface area contributed by atoms with Crippen molar-refractivity contribution in [2.45, 2.75) is 46.0 Å². The first-order valence-corrected chi connectivity index (χ1v) is 11.8. The van der Waals surface area contributed by atoms with E-state index in [4.69, 9.17) is 9.84 Å². The van der Waals surface area contributed by atoms with Crippen LogP contribution in [0.2, 0.25) is 0 Å². The zero-order valence-electron chi connectivity index (χ0n) is 13.5. The van der Waals surface area contributed by atoms with E-state index in [0.29, 0.717) is 5.76 Å². The van der Waals surface area contributed by atoms with Crippen LogP contribution in [0.4, 0.5) is 0 Å². The molecular formula is C16H25InNO4. The fourth-order valence-corrected chi connectivity index (χ4v) is 5.56. The quantitative estimate of drug-likeness (QED) is 0.530. The number of carbonyl (C=O) groups excluding carboxylic acids is 1. The van der Waals surface area contributed by atoms with E-state index in [-0.39, 0.29) is 12.8 Å². The molecule has 0 fully saturated rings. The summed E-state index contributed by atoms with van der Waals surface area (Å²) in [6.45, 7) is 7.55. The van der Waals surface area contributed by atoms with Gasteiger partial charge in [0.25, 0.3) is 0 Å². The maximum absolute atomic E-state index is 11.6. The van der Waals surface area contributed by atoms with Crippen molar-refractivity contribution in [2.75, 3.05) is 19.6 Å². The van der Waals surface area contributed by atoms with E-state index in [9.17, 15) is 9.59 Å². The van der Waals surface area contributed by atoms with E-state index in [2.05, 4.69) is 26.4 Å². The van der Waals surface area contributed by atoms with Gasteiger partial charge < -0.3 is 0 Å². The molecule has 0 aliphatic carbocycles. The molecule has 0 unspecified atom stereocenters. The molecule has 1 aliphatic heterocycles. The van der Waals surface area contributed by atoms with Crippen LogP contribution in [0.15, 0.2) is 19.0 Å². The van der Waals surface area contributed by atoms with Gasteiger partial charge in [0.05, 0.1) is 0 Å². The molecule has 1 heterocycles. The van der Waals surface area contributed by atoms with Crippen molar-refractivity contribution in [3.05, 3.63) is 19.0 Å². The molecule has 0 aromatic carbocycles. The van der Waals surface area contributed by atoms with Crippen LogP contribution in [0.5, 0.6) is 0 Å². The number of hydrogen-bond donors (Lipinski definition) is 1. The van der Waals surface area contributed by atoms with Crippen molar-refractivity contribution >= 4 is 34.8 Å². The Kier molecular flexibility index (Phi) is 9.55. The number of carboxylic acid groups (broad SMARTS) is 1. The normalized spacial score (nSPS) is 13.6. The van der Waals surface area contributed by atoms with E-state index in [1.807, 2.05) is 0 Å². The van der Waals surface area contributed by atoms with E-state index in [0.717, 1.165) is 44.5 Å². The summed E-state index contributed by atoms with van der Waals surface area (Å²) in [5, 5.41) is 8.59. The Labute approximate surface area is 143 Å². The Morgan fingerprint density at radius 1 is 1.14 bits per heavy atom. The molecule has 0 aromatic rings. The van der Waals surface area contributed by atoms with Crippen LogP contribution in [0.1, 0.15) is 46.0 Å². The summed E-state index contributed by atoms with van der Waals surface area (Å²) < 4.78 is 9.69. The summed E-state index contributed by atoms with van der Waals surface area (Å²) in [7, 11) is 0. The standard InChI is InChI=1S/C16H25NO4.In/c1-5-10-17(11-6-2)12-9-13(3)14(4)21-16(20)8-7-15(18)19;/h3-4H,5-12H2,1-2H3,(H,18,19);. The van der Waals surface area contributed by atoms with Gasteiger partial charge in [0.15, 0.2) is 0 Å². The number of allylic oxidation sites excluding steroid dienone is 1. The van der Waals surface area contributed by atoms with Crippen molar-refractivity contribution in [1.82, 2.24) is 4.90 Å². The SMILES string of the molecule is CCCN(CCC)CCC1=[CH][In][CH]=C1OC(=O)CCC(=O)O. The number of hydrogen-bond acceptors (Lipinski definition) is 4. The molecule has 1 aliphatic rings. The second kappa shape index (κ2) is 10.9. The van der Waals surface area contributed by atoms with Crippen LogP contribution in [-0.4, -0.2) is 64.5 Å². The Balaban J connectivity index is 2.42. The summed E-state index contributed by atoms with van der Waals surface area (Å²) in [4.78, 5) is 24.6. The molecule has 0 spiro atoms. The van der Waals surface area contributed by atoms with Crippen LogP contribution in [0.25, 0.3) is 0 Å². The predicted octanol–water partition coefficient (Wildman–Crippen LogP) is 2.35. The first-order chi connectivity index (χ1) is 10.6. The van der Waals surface area contributed by atoms with Gasteiger partial charge in [-0.2, -0.15) is 0 Å². The molecule has 1 N–H and O–H groups in total. The number of rotatable bonds is 11. The number of esters is 1. The Morgan fingerprint density at radius 2 is 1.82 bits per heavy atom. The molecule has 5 nitrogen and oxygen atoms in total. The van der Waals surface area contributed by atoms with Crippen LogP contribution < -0.4 is 0 Å². The van der Waals surface area contributed by atoms with Gasteiger partial charge in [0.2, 0.25) is 0 Å². The Morgan fingerprint density at radius 3 is 2.41 bits per heavy atom. The van der Waals surface area contributed by atoms with Gasteiger partial charge in [-0.1, -0.05) is 0 Å². The van der Waals surface area contributed by atoms with Gasteiger partial charge in [-0.05, 0) is 0 Å². The number of ether oxygens (including phenoxy) is 1. The van der Waals surface area contributed by atoms with E-state index in [1.165, 1.54) is 0 Å². The van der Waals surface area contributed by atoms with Crippen molar-refractivity contribution in [3.8, 4) is 0 Å². The van der Waals surface area contributed by atoms with Crippen molar-refractivity contribution in [1.29, 1.82) is 0 Å². The molecule has 6 heteroatoms. The van der Waals surface area contributed by atoms with Gasteiger partial charge in [-0.3, -0.25) is 0 Å². The number of nitrogens with zero attached hydrogens (tertiary/aromatic N) is 1. The van der Waals surface area contributed by atoms with Gasteiger partial charge in [-0.15, -0.1) is 0 Å². The molecule has 1 rings (SSSR count). The monoisotopic (exact) mass is 410 g/mol. The summed E-state index contributed by atoms with van der Waals surface area (Å²) in [6, 6.07) is 0. The Hall–Kier alpha value is -0.750. The van der Waals surface area contributed by atoms with Crippen molar-refractivity contribution < 1.29 is 19.4 Å². The molecular weight excluding hydrogens is 385 g/mol. The average Bonchev–Trinajstić information content (AvgIpc) is 2.90. The molecule has 0 saturated heterocycles. The minimum absolute atomic E-state index is 0.0645. The molecule has 1 radical (unpaired) electrons. The fraction of sp³-hybridized carbons (Fsp3) is 0.625. The first kappa shape index (κ1) is 19.3. The number of carbonyl (C=O) groups is 2. The summed E-state index contributed by atoms with van der Waals surface area (Å²) in [6.07, 6.45) is 2.95. The van der Waals surface area contributed by atoms with Crippen LogP contribution >= 0.6 is 0 Å². The molecule has 0 saturated carbocycles. The van der Waals surface area contributed by atoms with Gasteiger partial charge in [-0.25, -0.2) is 0 Å². The summed E-state index contributed by atoms with van der Waals surface area (Å²) >= 11 is -0.871. The zero-order valence-corrected chi connectivity index (χ0v) is 16.8. The third kappa shape index (κ3) is 7.49. The van der Waals surface area contributed by atoms with Crippen molar-refractivity contribution in [3.63, 3.8) is 0 Å². The molecule has 0 aromatic heterocycles. The topological polar surface area (TPSA) is 66.8 Å². The summed E-state index contributed by atoms with van der Waals surface area (Å²) in [5.74, 6) is -0.714. The van der Waals surface area contributed by atoms with Gasteiger partial charge in [0.1, 0.15) is 0 Å². The maximum atomic E-state index is 11.6. The molecule has 0 atom stereocenters.